The Morgan fingerprint density at radius 3 is 1.78 bits per heavy atom. The number of nitriles is 2. The first-order valence-corrected chi connectivity index (χ1v) is 10.5. The van der Waals surface area contributed by atoms with E-state index in [1.807, 2.05) is 42.6 Å². The van der Waals surface area contributed by atoms with E-state index in [1.165, 1.54) is 17.2 Å². The molecule has 4 rings (SSSR count). The minimum atomic E-state index is -1.20. The monoisotopic (exact) mass is 503 g/mol. The molecule has 0 unspecified atom stereocenters. The number of carboxylic acids is 1. The van der Waals surface area contributed by atoms with Gasteiger partial charge in [0.25, 0.3) is 0 Å². The SMILES string of the molecule is Cc1ccc(C)cc1.N#C/C(=C\c1ccccc1)C(=O)O.N#Cc1c[nH]cc1-c1ccccc1.[K+].[OH-]. The van der Waals surface area contributed by atoms with Crippen molar-refractivity contribution in [2.45, 2.75) is 13.8 Å². The molecule has 0 spiro atoms. The number of hydrogen-bond donors (Lipinski definition) is 2. The number of carbonyl (C=O) groups is 1. The van der Waals surface area contributed by atoms with E-state index >= 15 is 0 Å². The molecular weight excluding hydrogens is 477 g/mol. The van der Waals surface area contributed by atoms with Crippen molar-refractivity contribution < 1.29 is 66.8 Å². The molecular formula is C29H26KN3O3. The van der Waals surface area contributed by atoms with Gasteiger partial charge in [0, 0.05) is 18.0 Å². The third kappa shape index (κ3) is 11.4. The number of aromatic amines is 1. The van der Waals surface area contributed by atoms with Crippen LogP contribution in [0.25, 0.3) is 17.2 Å². The van der Waals surface area contributed by atoms with Gasteiger partial charge in [-0.3, -0.25) is 0 Å². The molecule has 1 aromatic heterocycles. The summed E-state index contributed by atoms with van der Waals surface area (Å²) in [5.41, 5.74) is 5.83. The Morgan fingerprint density at radius 2 is 1.33 bits per heavy atom. The van der Waals surface area contributed by atoms with Crippen molar-refractivity contribution in [3.63, 3.8) is 0 Å². The Bertz CT molecular complexity index is 1280. The third-order valence-corrected chi connectivity index (χ3v) is 4.63. The van der Waals surface area contributed by atoms with Gasteiger partial charge in [0.2, 0.25) is 0 Å². The first-order valence-electron chi connectivity index (χ1n) is 10.5. The predicted octanol–water partition coefficient (Wildman–Crippen LogP) is 3.36. The van der Waals surface area contributed by atoms with E-state index in [1.54, 1.807) is 36.5 Å². The molecule has 4 aromatic rings. The summed E-state index contributed by atoms with van der Waals surface area (Å²) in [4.78, 5) is 13.4. The van der Waals surface area contributed by atoms with Gasteiger partial charge in [-0.25, -0.2) is 4.79 Å². The zero-order chi connectivity index (χ0) is 24.8. The molecule has 0 radical (unpaired) electrons. The van der Waals surface area contributed by atoms with E-state index in [0.717, 1.165) is 11.1 Å². The van der Waals surface area contributed by atoms with E-state index in [2.05, 4.69) is 49.2 Å². The van der Waals surface area contributed by atoms with Gasteiger partial charge in [-0.2, -0.15) is 10.5 Å². The van der Waals surface area contributed by atoms with Gasteiger partial charge in [-0.15, -0.1) is 0 Å². The molecule has 6 nitrogen and oxygen atoms in total. The standard InChI is InChI=1S/C11H8N2.C10H7NO2.C8H10.K.H2O/c12-6-10-7-13-8-11(10)9-4-2-1-3-5-9;11-7-9(10(12)13)6-8-4-2-1-3-5-8;1-7-3-5-8(2)6-4-7;;/h1-5,7-8,13H;1-6H,(H,12,13);3-6H,1-2H3;;1H2/q;;;+1;/p-1/b;9-6+;;;. The van der Waals surface area contributed by atoms with E-state index in [0.29, 0.717) is 11.1 Å². The molecule has 0 aliphatic rings. The molecule has 3 N–H and O–H groups in total. The first kappa shape index (κ1) is 32.7. The zero-order valence-corrected chi connectivity index (χ0v) is 23.6. The van der Waals surface area contributed by atoms with Crippen LogP contribution in [0.2, 0.25) is 0 Å². The summed E-state index contributed by atoms with van der Waals surface area (Å²) in [6.45, 7) is 4.19. The van der Waals surface area contributed by atoms with Crippen LogP contribution in [0.15, 0.2) is 103 Å². The fourth-order valence-corrected chi connectivity index (χ4v) is 2.81. The van der Waals surface area contributed by atoms with Gasteiger partial charge < -0.3 is 15.6 Å². The Hall–Kier alpha value is -3.27. The minimum Gasteiger partial charge on any atom is -0.870 e. The predicted molar refractivity (Wildman–Crippen MR) is 136 cm³/mol. The van der Waals surface area contributed by atoms with Gasteiger partial charge in [0.15, 0.2) is 0 Å². The van der Waals surface area contributed by atoms with Crippen LogP contribution in [0.3, 0.4) is 0 Å². The van der Waals surface area contributed by atoms with Crippen LogP contribution in [-0.4, -0.2) is 21.5 Å². The maximum absolute atomic E-state index is 10.4. The number of aromatic nitrogens is 1. The molecule has 0 atom stereocenters. The van der Waals surface area contributed by atoms with Crippen LogP contribution in [-0.2, 0) is 4.79 Å². The number of aliphatic carboxylic acids is 1. The van der Waals surface area contributed by atoms with Crippen molar-refractivity contribution in [3.8, 4) is 23.3 Å². The summed E-state index contributed by atoms with van der Waals surface area (Å²) in [7, 11) is 0. The van der Waals surface area contributed by atoms with Crippen molar-refractivity contribution in [2.24, 2.45) is 0 Å². The Kier molecular flexibility index (Phi) is 16.4. The first-order chi connectivity index (χ1) is 16.4. The summed E-state index contributed by atoms with van der Waals surface area (Å²) < 4.78 is 0. The summed E-state index contributed by atoms with van der Waals surface area (Å²) in [5.74, 6) is -1.20. The van der Waals surface area contributed by atoms with E-state index < -0.39 is 5.97 Å². The Labute approximate surface area is 254 Å². The normalized spacial score (nSPS) is 9.28. The quantitative estimate of drug-likeness (QED) is 0.251. The van der Waals surface area contributed by atoms with Crippen LogP contribution in [0.1, 0.15) is 22.3 Å². The van der Waals surface area contributed by atoms with Gasteiger partial charge >= 0.3 is 57.4 Å². The molecule has 0 fully saturated rings. The second-order valence-electron chi connectivity index (χ2n) is 7.30. The fraction of sp³-hybridized carbons (Fsp3) is 0.0690. The summed E-state index contributed by atoms with van der Waals surface area (Å²) in [6, 6.07) is 31.0. The average molecular weight is 504 g/mol. The average Bonchev–Trinajstić information content (AvgIpc) is 3.35. The van der Waals surface area contributed by atoms with Gasteiger partial charge in [0.1, 0.15) is 17.7 Å². The second kappa shape index (κ2) is 18.1. The molecule has 0 bridgehead atoms. The molecule has 0 saturated heterocycles. The van der Waals surface area contributed by atoms with Crippen molar-refractivity contribution in [3.05, 3.63) is 125 Å². The molecule has 0 amide bonds. The molecule has 0 aliphatic carbocycles. The zero-order valence-electron chi connectivity index (χ0n) is 20.5. The topological polar surface area (TPSA) is 131 Å². The molecule has 1 heterocycles. The number of carboxylic acid groups (broad SMARTS) is 1. The molecule has 0 saturated carbocycles. The Balaban J connectivity index is 0.000000511. The molecule has 176 valence electrons. The second-order valence-corrected chi connectivity index (χ2v) is 7.30. The van der Waals surface area contributed by atoms with Crippen LogP contribution >= 0.6 is 0 Å². The van der Waals surface area contributed by atoms with Gasteiger partial charge in [-0.05, 0) is 31.1 Å². The number of nitrogens with one attached hydrogen (secondary N) is 1. The largest absolute Gasteiger partial charge is 1.00 e. The number of H-pyrrole nitrogens is 1. The third-order valence-electron chi connectivity index (χ3n) is 4.63. The number of benzene rings is 3. The van der Waals surface area contributed by atoms with Crippen LogP contribution in [0.4, 0.5) is 0 Å². The van der Waals surface area contributed by atoms with Crippen molar-refractivity contribution in [1.82, 2.24) is 4.98 Å². The van der Waals surface area contributed by atoms with Crippen LogP contribution in [0.5, 0.6) is 0 Å². The molecule has 36 heavy (non-hydrogen) atoms. The summed E-state index contributed by atoms with van der Waals surface area (Å²) >= 11 is 0. The number of hydrogen-bond acceptors (Lipinski definition) is 4. The van der Waals surface area contributed by atoms with Crippen molar-refractivity contribution in [1.29, 1.82) is 10.5 Å². The number of rotatable bonds is 3. The Morgan fingerprint density at radius 1 is 0.833 bits per heavy atom. The van der Waals surface area contributed by atoms with Crippen LogP contribution in [0, 0.1) is 36.5 Å². The summed E-state index contributed by atoms with van der Waals surface area (Å²) in [6.07, 6.45) is 4.89. The number of aryl methyl sites for hydroxylation is 2. The molecule has 0 aliphatic heterocycles. The maximum Gasteiger partial charge on any atom is 1.00 e. The molecule has 7 heteroatoms. The smallest absolute Gasteiger partial charge is 0.870 e. The fourth-order valence-electron chi connectivity index (χ4n) is 2.81. The number of nitrogens with zero attached hydrogens (tertiary/aromatic N) is 2. The van der Waals surface area contributed by atoms with E-state index in [9.17, 15) is 4.79 Å². The van der Waals surface area contributed by atoms with Crippen molar-refractivity contribution in [2.75, 3.05) is 0 Å². The van der Waals surface area contributed by atoms with E-state index in [-0.39, 0.29) is 62.4 Å². The van der Waals surface area contributed by atoms with Gasteiger partial charge in [0.05, 0.1) is 5.56 Å². The maximum atomic E-state index is 10.4. The molecule has 3 aromatic carbocycles. The van der Waals surface area contributed by atoms with Crippen molar-refractivity contribution >= 4 is 12.0 Å². The minimum absolute atomic E-state index is 0. The summed E-state index contributed by atoms with van der Waals surface area (Å²) in [5, 5.41) is 25.8. The van der Waals surface area contributed by atoms with Crippen LogP contribution < -0.4 is 51.4 Å². The van der Waals surface area contributed by atoms with E-state index in [4.69, 9.17) is 15.6 Å². The van der Waals surface area contributed by atoms with Gasteiger partial charge in [-0.1, -0.05) is 96.1 Å².